The Balaban J connectivity index is 2.11. The zero-order valence-electron chi connectivity index (χ0n) is 11.6. The van der Waals surface area contributed by atoms with Gasteiger partial charge in [-0.25, -0.2) is 4.39 Å². The molecular weight excluding hydrogens is 307 g/mol. The number of hydrogen-bond acceptors (Lipinski definition) is 2. The Morgan fingerprint density at radius 1 is 1.24 bits per heavy atom. The van der Waals surface area contributed by atoms with Crippen LogP contribution in [0.4, 0.5) is 4.39 Å². The number of nitrogens with zero attached hydrogens (tertiary/aromatic N) is 1. The molecule has 0 saturated carbocycles. The van der Waals surface area contributed by atoms with E-state index in [1.165, 1.54) is 0 Å². The van der Waals surface area contributed by atoms with Crippen LogP contribution >= 0.6 is 23.8 Å². The predicted molar refractivity (Wildman–Crippen MR) is 88.9 cm³/mol. The summed E-state index contributed by atoms with van der Waals surface area (Å²) in [5.74, 6) is -0.344. The monoisotopic (exact) mass is 322 g/mol. The molecule has 110 valence electrons. The van der Waals surface area contributed by atoms with Crippen molar-refractivity contribution in [1.29, 1.82) is 0 Å². The quantitative estimate of drug-likeness (QED) is 0.850. The molecule has 0 saturated heterocycles. The molecule has 2 rings (SSSR count). The first kappa shape index (κ1) is 15.9. The Kier molecular flexibility index (Phi) is 5.28. The molecule has 0 aliphatic rings. The third-order valence-corrected chi connectivity index (χ3v) is 3.58. The van der Waals surface area contributed by atoms with Gasteiger partial charge in [-0.1, -0.05) is 48.1 Å². The smallest absolute Gasteiger partial charge is 0.137 e. The van der Waals surface area contributed by atoms with Gasteiger partial charge in [-0.2, -0.15) is 0 Å². The lowest BCUT2D eigenvalue weighted by molar-refractivity contribution is 0.313. The Bertz CT molecular complexity index is 660. The third-order valence-electron chi connectivity index (χ3n) is 3.13. The van der Waals surface area contributed by atoms with Crippen molar-refractivity contribution in [1.82, 2.24) is 4.90 Å². The topological polar surface area (TPSA) is 29.3 Å². The van der Waals surface area contributed by atoms with Crippen molar-refractivity contribution in [3.8, 4) is 0 Å². The van der Waals surface area contributed by atoms with Crippen LogP contribution in [0.15, 0.2) is 42.5 Å². The fourth-order valence-electron chi connectivity index (χ4n) is 2.19. The minimum absolute atomic E-state index is 0.0758. The minimum Gasteiger partial charge on any atom is -0.389 e. The van der Waals surface area contributed by atoms with Crippen molar-refractivity contribution < 1.29 is 4.39 Å². The molecule has 5 heteroatoms. The van der Waals surface area contributed by atoms with Crippen LogP contribution in [0, 0.1) is 5.82 Å². The van der Waals surface area contributed by atoms with Crippen LogP contribution in [0.1, 0.15) is 16.7 Å². The number of nitrogens with two attached hydrogens (primary N) is 1. The Morgan fingerprint density at radius 2 is 1.95 bits per heavy atom. The molecule has 0 aliphatic heterocycles. The predicted octanol–water partition coefficient (Wildman–Crippen LogP) is 3.75. The van der Waals surface area contributed by atoms with E-state index in [-0.39, 0.29) is 10.8 Å². The van der Waals surface area contributed by atoms with Crippen LogP contribution in [0.25, 0.3) is 0 Å². The summed E-state index contributed by atoms with van der Waals surface area (Å²) >= 11 is 10.8. The average Bonchev–Trinajstić information content (AvgIpc) is 2.40. The molecule has 2 aromatic rings. The lowest BCUT2D eigenvalue weighted by atomic mass is 10.1. The van der Waals surface area contributed by atoms with E-state index in [0.29, 0.717) is 29.2 Å². The highest BCUT2D eigenvalue weighted by Crippen LogP contribution is 2.17. The van der Waals surface area contributed by atoms with Crippen molar-refractivity contribution >= 4 is 28.8 Å². The van der Waals surface area contributed by atoms with Gasteiger partial charge in [-0.05, 0) is 30.8 Å². The summed E-state index contributed by atoms with van der Waals surface area (Å²) in [6.07, 6.45) is 0. The molecule has 0 fully saturated rings. The second kappa shape index (κ2) is 6.98. The van der Waals surface area contributed by atoms with E-state index in [0.717, 1.165) is 5.56 Å². The molecule has 0 aliphatic carbocycles. The van der Waals surface area contributed by atoms with Gasteiger partial charge < -0.3 is 5.73 Å². The molecule has 0 amide bonds. The number of hydrogen-bond donors (Lipinski definition) is 1. The van der Waals surface area contributed by atoms with Gasteiger partial charge in [0.05, 0.1) is 0 Å². The molecule has 0 bridgehead atoms. The lowest BCUT2D eigenvalue weighted by Gasteiger charge is -2.18. The number of halogens is 2. The molecule has 0 spiro atoms. The van der Waals surface area contributed by atoms with Crippen molar-refractivity contribution in [3.63, 3.8) is 0 Å². The Morgan fingerprint density at radius 3 is 2.62 bits per heavy atom. The van der Waals surface area contributed by atoms with Crippen LogP contribution in [-0.2, 0) is 13.1 Å². The van der Waals surface area contributed by atoms with Gasteiger partial charge in [-0.15, -0.1) is 0 Å². The molecule has 2 N–H and O–H groups in total. The zero-order chi connectivity index (χ0) is 15.4. The number of rotatable bonds is 5. The van der Waals surface area contributed by atoms with Crippen molar-refractivity contribution in [2.45, 2.75) is 13.1 Å². The van der Waals surface area contributed by atoms with Crippen LogP contribution in [-0.4, -0.2) is 16.9 Å². The summed E-state index contributed by atoms with van der Waals surface area (Å²) in [6.45, 7) is 1.14. The SMILES string of the molecule is CN(Cc1cccc(Cl)c1)Cc1cccc(C(N)=S)c1F. The maximum Gasteiger partial charge on any atom is 0.137 e. The molecule has 0 heterocycles. The Labute approximate surface area is 134 Å². The first-order valence-electron chi connectivity index (χ1n) is 6.47. The molecule has 21 heavy (non-hydrogen) atoms. The van der Waals surface area contributed by atoms with Gasteiger partial charge in [0.25, 0.3) is 0 Å². The summed E-state index contributed by atoms with van der Waals surface area (Å²) in [5.41, 5.74) is 7.46. The highest BCUT2D eigenvalue weighted by atomic mass is 35.5. The second-order valence-corrected chi connectivity index (χ2v) is 5.82. The highest BCUT2D eigenvalue weighted by molar-refractivity contribution is 7.80. The fraction of sp³-hybridized carbons (Fsp3) is 0.188. The Hall–Kier alpha value is -1.49. The number of thiocarbonyl (C=S) groups is 1. The van der Waals surface area contributed by atoms with Gasteiger partial charge in [0, 0.05) is 29.2 Å². The summed E-state index contributed by atoms with van der Waals surface area (Å²) in [6, 6.07) is 12.7. The van der Waals surface area contributed by atoms with E-state index < -0.39 is 0 Å². The van der Waals surface area contributed by atoms with Crippen molar-refractivity contribution in [2.24, 2.45) is 5.73 Å². The largest absolute Gasteiger partial charge is 0.389 e. The molecule has 0 unspecified atom stereocenters. The first-order valence-corrected chi connectivity index (χ1v) is 7.26. The maximum atomic E-state index is 14.3. The normalized spacial score (nSPS) is 10.9. The summed E-state index contributed by atoms with van der Waals surface area (Å²) in [7, 11) is 1.92. The van der Waals surface area contributed by atoms with E-state index in [4.69, 9.17) is 29.6 Å². The van der Waals surface area contributed by atoms with Crippen LogP contribution in [0.2, 0.25) is 5.02 Å². The highest BCUT2D eigenvalue weighted by Gasteiger charge is 2.12. The van der Waals surface area contributed by atoms with Gasteiger partial charge in [0.1, 0.15) is 10.8 Å². The molecular formula is C16H16ClFN2S. The van der Waals surface area contributed by atoms with E-state index >= 15 is 0 Å². The van der Waals surface area contributed by atoms with Gasteiger partial charge in [0.2, 0.25) is 0 Å². The van der Waals surface area contributed by atoms with Gasteiger partial charge in [-0.3, -0.25) is 4.90 Å². The zero-order valence-corrected chi connectivity index (χ0v) is 13.2. The molecule has 0 aromatic heterocycles. The second-order valence-electron chi connectivity index (χ2n) is 4.95. The molecule has 0 atom stereocenters. The van der Waals surface area contributed by atoms with E-state index in [9.17, 15) is 4.39 Å². The first-order chi connectivity index (χ1) is 9.97. The van der Waals surface area contributed by atoms with Gasteiger partial charge >= 0.3 is 0 Å². The van der Waals surface area contributed by atoms with Gasteiger partial charge in [0.15, 0.2) is 0 Å². The summed E-state index contributed by atoms with van der Waals surface area (Å²) < 4.78 is 14.3. The molecule has 2 aromatic carbocycles. The van der Waals surface area contributed by atoms with E-state index in [1.54, 1.807) is 18.2 Å². The minimum atomic E-state index is -0.344. The number of benzene rings is 2. The molecule has 0 radical (unpaired) electrons. The maximum absolute atomic E-state index is 14.3. The fourth-order valence-corrected chi connectivity index (χ4v) is 2.56. The van der Waals surface area contributed by atoms with Crippen LogP contribution in [0.3, 0.4) is 0 Å². The molecule has 2 nitrogen and oxygen atoms in total. The van der Waals surface area contributed by atoms with Crippen LogP contribution in [0.5, 0.6) is 0 Å². The van der Waals surface area contributed by atoms with E-state index in [1.807, 2.05) is 36.2 Å². The van der Waals surface area contributed by atoms with Crippen molar-refractivity contribution in [3.05, 3.63) is 70.0 Å². The standard InChI is InChI=1S/C16H16ClFN2S/c1-20(9-11-4-2-6-13(17)8-11)10-12-5-3-7-14(15(12)18)16(19)21/h2-8H,9-10H2,1H3,(H2,19,21). The summed E-state index contributed by atoms with van der Waals surface area (Å²) in [4.78, 5) is 2.08. The average molecular weight is 323 g/mol. The lowest BCUT2D eigenvalue weighted by Crippen LogP contribution is -2.19. The van der Waals surface area contributed by atoms with E-state index in [2.05, 4.69) is 0 Å². The summed E-state index contributed by atoms with van der Waals surface area (Å²) in [5, 5.41) is 0.697. The third kappa shape index (κ3) is 4.24. The van der Waals surface area contributed by atoms with Crippen LogP contribution < -0.4 is 5.73 Å². The van der Waals surface area contributed by atoms with Crippen molar-refractivity contribution in [2.75, 3.05) is 7.05 Å².